The predicted octanol–water partition coefficient (Wildman–Crippen LogP) is 1.47. The highest BCUT2D eigenvalue weighted by atomic mass is 16.5. The number of carbonyl (C=O) groups excluding carboxylic acids is 1. The van der Waals surface area contributed by atoms with Gasteiger partial charge < -0.3 is 9.30 Å². The van der Waals surface area contributed by atoms with E-state index < -0.39 is 0 Å². The largest absolute Gasteiger partial charge is 0.465 e. The van der Waals surface area contributed by atoms with Crippen LogP contribution in [-0.2, 0) is 17.7 Å². The van der Waals surface area contributed by atoms with Crippen LogP contribution in [0.25, 0.3) is 0 Å². The van der Waals surface area contributed by atoms with Gasteiger partial charge in [-0.1, -0.05) is 6.92 Å². The molecular formula is C10H13NO2. The van der Waals surface area contributed by atoms with Crippen LogP contribution in [0.3, 0.4) is 0 Å². The smallest absolute Gasteiger partial charge is 0.339 e. The van der Waals surface area contributed by atoms with Crippen LogP contribution in [0.2, 0.25) is 0 Å². The van der Waals surface area contributed by atoms with Crippen LogP contribution in [-0.4, -0.2) is 17.6 Å². The van der Waals surface area contributed by atoms with Crippen LogP contribution in [0.1, 0.15) is 23.0 Å². The molecule has 70 valence electrons. The van der Waals surface area contributed by atoms with E-state index in [4.69, 9.17) is 0 Å². The highest BCUT2D eigenvalue weighted by molar-refractivity contribution is 5.89. The summed E-state index contributed by atoms with van der Waals surface area (Å²) >= 11 is 0. The fraction of sp³-hybridized carbons (Fsp3) is 0.500. The summed E-state index contributed by atoms with van der Waals surface area (Å²) in [7, 11) is 1.41. The number of fused-ring (bicyclic) bond motifs is 1. The van der Waals surface area contributed by atoms with Crippen molar-refractivity contribution in [3.63, 3.8) is 0 Å². The van der Waals surface area contributed by atoms with Crippen molar-refractivity contribution in [3.05, 3.63) is 23.5 Å². The molecule has 1 aliphatic rings. The summed E-state index contributed by atoms with van der Waals surface area (Å²) in [5, 5.41) is 0. The van der Waals surface area contributed by atoms with E-state index in [9.17, 15) is 4.79 Å². The normalized spacial score (nSPS) is 20.0. The zero-order valence-electron chi connectivity index (χ0n) is 7.91. The molecule has 3 heteroatoms. The van der Waals surface area contributed by atoms with Crippen LogP contribution >= 0.6 is 0 Å². The number of carbonyl (C=O) groups is 1. The number of esters is 1. The molecule has 2 heterocycles. The van der Waals surface area contributed by atoms with Crippen molar-refractivity contribution in [2.45, 2.75) is 19.9 Å². The summed E-state index contributed by atoms with van der Waals surface area (Å²) in [5.74, 6) is 0.455. The molecule has 2 rings (SSSR count). The third-order valence-electron chi connectivity index (χ3n) is 2.47. The fourth-order valence-electron chi connectivity index (χ4n) is 1.88. The first-order valence-electron chi connectivity index (χ1n) is 4.48. The Morgan fingerprint density at radius 3 is 3.08 bits per heavy atom. The minimum atomic E-state index is -0.241. The molecule has 0 amide bonds. The molecule has 13 heavy (non-hydrogen) atoms. The number of aromatic nitrogens is 1. The van der Waals surface area contributed by atoms with Gasteiger partial charge in [0.15, 0.2) is 0 Å². The molecule has 0 aromatic carbocycles. The minimum absolute atomic E-state index is 0.241. The summed E-state index contributed by atoms with van der Waals surface area (Å²) in [6.45, 7) is 3.23. The second kappa shape index (κ2) is 2.91. The summed E-state index contributed by atoms with van der Waals surface area (Å²) < 4.78 is 6.78. The lowest BCUT2D eigenvalue weighted by Gasteiger charge is -1.98. The van der Waals surface area contributed by atoms with E-state index in [-0.39, 0.29) is 5.97 Å². The maximum absolute atomic E-state index is 11.2. The van der Waals surface area contributed by atoms with E-state index in [0.717, 1.165) is 13.0 Å². The third kappa shape index (κ3) is 1.34. The van der Waals surface area contributed by atoms with Crippen molar-refractivity contribution in [1.29, 1.82) is 0 Å². The van der Waals surface area contributed by atoms with Gasteiger partial charge in [0.1, 0.15) is 0 Å². The van der Waals surface area contributed by atoms with Crippen LogP contribution < -0.4 is 0 Å². The minimum Gasteiger partial charge on any atom is -0.465 e. The van der Waals surface area contributed by atoms with Gasteiger partial charge in [-0.3, -0.25) is 0 Å². The highest BCUT2D eigenvalue weighted by Crippen LogP contribution is 2.22. The molecule has 0 spiro atoms. The second-order valence-corrected chi connectivity index (χ2v) is 3.67. The van der Waals surface area contributed by atoms with E-state index in [1.807, 2.05) is 12.3 Å². The first-order chi connectivity index (χ1) is 6.20. The molecule has 1 atom stereocenters. The lowest BCUT2D eigenvalue weighted by atomic mass is 10.1. The number of nitrogens with zero attached hydrogens (tertiary/aromatic N) is 1. The molecule has 1 aliphatic heterocycles. The molecule has 0 bridgehead atoms. The molecule has 1 aromatic rings. The lowest BCUT2D eigenvalue weighted by molar-refractivity contribution is 0.0600. The van der Waals surface area contributed by atoms with E-state index in [2.05, 4.69) is 16.2 Å². The highest BCUT2D eigenvalue weighted by Gasteiger charge is 2.20. The second-order valence-electron chi connectivity index (χ2n) is 3.67. The van der Waals surface area contributed by atoms with Crippen LogP contribution in [0, 0.1) is 5.92 Å². The number of rotatable bonds is 1. The van der Waals surface area contributed by atoms with Gasteiger partial charge in [-0.15, -0.1) is 0 Å². The van der Waals surface area contributed by atoms with E-state index in [1.165, 1.54) is 12.8 Å². The van der Waals surface area contributed by atoms with Gasteiger partial charge in [0.05, 0.1) is 12.7 Å². The van der Waals surface area contributed by atoms with Crippen LogP contribution in [0.5, 0.6) is 0 Å². The quantitative estimate of drug-likeness (QED) is 0.611. The summed E-state index contributed by atoms with van der Waals surface area (Å²) in [6, 6.07) is 1.93. The van der Waals surface area contributed by atoms with Gasteiger partial charge in [-0.05, 0) is 18.4 Å². The first kappa shape index (κ1) is 8.35. The summed E-state index contributed by atoms with van der Waals surface area (Å²) in [4.78, 5) is 11.2. The Hall–Kier alpha value is -1.25. The summed E-state index contributed by atoms with van der Waals surface area (Å²) in [5.41, 5.74) is 1.91. The third-order valence-corrected chi connectivity index (χ3v) is 2.47. The predicted molar refractivity (Wildman–Crippen MR) is 48.6 cm³/mol. The number of methoxy groups -OCH3 is 1. The van der Waals surface area contributed by atoms with Crippen molar-refractivity contribution in [2.24, 2.45) is 5.92 Å². The maximum atomic E-state index is 11.2. The number of hydrogen-bond donors (Lipinski definition) is 0. The number of hydrogen-bond acceptors (Lipinski definition) is 2. The Labute approximate surface area is 77.3 Å². The molecule has 0 saturated heterocycles. The maximum Gasteiger partial charge on any atom is 0.339 e. The van der Waals surface area contributed by atoms with Crippen molar-refractivity contribution in [2.75, 3.05) is 7.11 Å². The Kier molecular flexibility index (Phi) is 1.87. The van der Waals surface area contributed by atoms with Crippen LogP contribution in [0.4, 0.5) is 0 Å². The molecule has 0 N–H and O–H groups in total. The molecule has 0 fully saturated rings. The first-order valence-corrected chi connectivity index (χ1v) is 4.48. The SMILES string of the molecule is COC(=O)c1cc2n(c1)CC(C)C2. The summed E-state index contributed by atoms with van der Waals surface area (Å²) in [6.07, 6.45) is 2.95. The Morgan fingerprint density at radius 1 is 1.69 bits per heavy atom. The lowest BCUT2D eigenvalue weighted by Crippen LogP contribution is -2.01. The van der Waals surface area contributed by atoms with Gasteiger partial charge in [-0.25, -0.2) is 4.79 Å². The van der Waals surface area contributed by atoms with Gasteiger partial charge in [0, 0.05) is 18.4 Å². The topological polar surface area (TPSA) is 31.2 Å². The molecule has 3 nitrogen and oxygen atoms in total. The van der Waals surface area contributed by atoms with Gasteiger partial charge in [-0.2, -0.15) is 0 Å². The zero-order valence-corrected chi connectivity index (χ0v) is 7.91. The van der Waals surface area contributed by atoms with Gasteiger partial charge >= 0.3 is 5.97 Å². The van der Waals surface area contributed by atoms with Crippen molar-refractivity contribution in [3.8, 4) is 0 Å². The molecule has 1 aromatic heterocycles. The Bertz CT molecular complexity index is 317. The van der Waals surface area contributed by atoms with E-state index in [0.29, 0.717) is 11.5 Å². The fourth-order valence-corrected chi connectivity index (χ4v) is 1.88. The van der Waals surface area contributed by atoms with Gasteiger partial charge in [0.25, 0.3) is 0 Å². The average Bonchev–Trinajstić information content (AvgIpc) is 2.59. The Balaban J connectivity index is 2.26. The molecule has 0 radical (unpaired) electrons. The Morgan fingerprint density at radius 2 is 2.46 bits per heavy atom. The van der Waals surface area contributed by atoms with E-state index >= 15 is 0 Å². The van der Waals surface area contributed by atoms with Crippen molar-refractivity contribution in [1.82, 2.24) is 4.57 Å². The zero-order chi connectivity index (χ0) is 9.42. The van der Waals surface area contributed by atoms with Crippen LogP contribution in [0.15, 0.2) is 12.3 Å². The molecule has 1 unspecified atom stereocenters. The monoisotopic (exact) mass is 179 g/mol. The average molecular weight is 179 g/mol. The molecule has 0 saturated carbocycles. The van der Waals surface area contributed by atoms with Gasteiger partial charge in [0.2, 0.25) is 0 Å². The standard InChI is InChI=1S/C10H13NO2/c1-7-3-9-4-8(10(12)13-2)6-11(9)5-7/h4,6-7H,3,5H2,1-2H3. The molecular weight excluding hydrogens is 166 g/mol. The van der Waals surface area contributed by atoms with Crippen molar-refractivity contribution >= 4 is 5.97 Å². The number of ether oxygens (including phenoxy) is 1. The van der Waals surface area contributed by atoms with Crippen molar-refractivity contribution < 1.29 is 9.53 Å². The molecule has 0 aliphatic carbocycles. The van der Waals surface area contributed by atoms with E-state index in [1.54, 1.807) is 0 Å².